The number of carbonyl (C=O) groups excluding carboxylic acids is 3. The Hall–Kier alpha value is -4.97. The lowest BCUT2D eigenvalue weighted by Crippen LogP contribution is -2.30. The zero-order valence-electron chi connectivity index (χ0n) is 47.3. The summed E-state index contributed by atoms with van der Waals surface area (Å²) >= 11 is 0. The van der Waals surface area contributed by atoms with Gasteiger partial charge in [-0.05, 0) is 141 Å². The molecule has 0 spiro atoms. The first-order chi connectivity index (χ1) is 36.5. The van der Waals surface area contributed by atoms with Crippen LogP contribution < -0.4 is 0 Å². The summed E-state index contributed by atoms with van der Waals surface area (Å²) in [7, 11) is 0. The number of carbonyl (C=O) groups is 3. The lowest BCUT2D eigenvalue weighted by molar-refractivity contribution is -0.167. The number of ether oxygens (including phenoxy) is 3. The van der Waals surface area contributed by atoms with Crippen LogP contribution >= 0.6 is 0 Å². The highest BCUT2D eigenvalue weighted by molar-refractivity contribution is 5.71. The van der Waals surface area contributed by atoms with Gasteiger partial charge in [0.25, 0.3) is 0 Å². The van der Waals surface area contributed by atoms with E-state index in [1.54, 1.807) is 0 Å². The minimum atomic E-state index is -0.812. The van der Waals surface area contributed by atoms with Crippen LogP contribution in [0.4, 0.5) is 0 Å². The molecule has 1 unspecified atom stereocenters. The van der Waals surface area contributed by atoms with Gasteiger partial charge in [0.2, 0.25) is 0 Å². The Morgan fingerprint density at radius 2 is 0.527 bits per heavy atom. The van der Waals surface area contributed by atoms with E-state index < -0.39 is 6.10 Å². The van der Waals surface area contributed by atoms with Gasteiger partial charge in [0, 0.05) is 19.3 Å². The summed E-state index contributed by atoms with van der Waals surface area (Å²) in [6.45, 7) is 6.28. The van der Waals surface area contributed by atoms with E-state index in [1.165, 1.54) is 12.8 Å². The van der Waals surface area contributed by atoms with Crippen LogP contribution in [0.3, 0.4) is 0 Å². The molecule has 0 saturated heterocycles. The maximum Gasteiger partial charge on any atom is 0.306 e. The average Bonchev–Trinajstić information content (AvgIpc) is 3.40. The van der Waals surface area contributed by atoms with Crippen LogP contribution in [0.2, 0.25) is 0 Å². The molecule has 0 saturated carbocycles. The Balaban J connectivity index is 4.39. The summed E-state index contributed by atoms with van der Waals surface area (Å²) in [5.74, 6) is -0.977. The summed E-state index contributed by atoms with van der Waals surface area (Å²) < 4.78 is 16.8. The third-order valence-electron chi connectivity index (χ3n) is 11.7. The highest BCUT2D eigenvalue weighted by Crippen LogP contribution is 2.13. The zero-order valence-corrected chi connectivity index (χ0v) is 47.3. The molecule has 74 heavy (non-hydrogen) atoms. The Kier molecular flexibility index (Phi) is 56.5. The maximum absolute atomic E-state index is 12.8. The molecule has 0 amide bonds. The summed E-state index contributed by atoms with van der Waals surface area (Å²) in [4.78, 5) is 38.1. The van der Waals surface area contributed by atoms with Crippen LogP contribution in [-0.2, 0) is 28.6 Å². The van der Waals surface area contributed by atoms with Crippen LogP contribution in [0.15, 0.2) is 158 Å². The number of esters is 3. The Labute approximate surface area is 454 Å². The quantitative estimate of drug-likeness (QED) is 0.0261. The van der Waals surface area contributed by atoms with Crippen molar-refractivity contribution in [1.82, 2.24) is 0 Å². The molecular weight excluding hydrogens is 913 g/mol. The molecule has 0 heterocycles. The van der Waals surface area contributed by atoms with Gasteiger partial charge >= 0.3 is 17.9 Å². The van der Waals surface area contributed by atoms with Crippen molar-refractivity contribution in [2.75, 3.05) is 13.2 Å². The number of unbranched alkanes of at least 4 members (excludes halogenated alkanes) is 14. The lowest BCUT2D eigenvalue weighted by Gasteiger charge is -2.18. The van der Waals surface area contributed by atoms with Gasteiger partial charge in [-0.1, -0.05) is 230 Å². The van der Waals surface area contributed by atoms with Crippen LogP contribution in [0.1, 0.15) is 233 Å². The molecule has 6 heteroatoms. The van der Waals surface area contributed by atoms with E-state index in [4.69, 9.17) is 14.2 Å². The van der Waals surface area contributed by atoms with Gasteiger partial charge in [-0.25, -0.2) is 0 Å². The largest absolute Gasteiger partial charge is 0.462 e. The van der Waals surface area contributed by atoms with E-state index >= 15 is 0 Å². The topological polar surface area (TPSA) is 78.9 Å². The second kappa shape index (κ2) is 60.6. The van der Waals surface area contributed by atoms with Crippen molar-refractivity contribution in [1.29, 1.82) is 0 Å². The molecule has 0 fully saturated rings. The summed E-state index contributed by atoms with van der Waals surface area (Å²) in [6, 6.07) is 0. The number of rotatable bonds is 51. The molecule has 0 aromatic carbocycles. The van der Waals surface area contributed by atoms with E-state index in [0.717, 1.165) is 180 Å². The van der Waals surface area contributed by atoms with Gasteiger partial charge in [0.1, 0.15) is 13.2 Å². The molecule has 0 bridgehead atoms. The molecule has 0 rings (SSSR count). The SMILES string of the molecule is CC/C=C\C/C=C\C/C=C\C/C=C\C/C=C\C/C=C\C/C=C\C/C=C\CCCCCCC(=O)OCC(COC(=O)CCCCCCC/C=C\CCC)OC(=O)CCCCCC/C=C\C/C=C\C/C=C\C/C=C\CC. The molecule has 0 aromatic rings. The summed E-state index contributed by atoms with van der Waals surface area (Å²) in [5, 5.41) is 0. The third kappa shape index (κ3) is 57.9. The van der Waals surface area contributed by atoms with Crippen molar-refractivity contribution in [3.8, 4) is 0 Å². The Morgan fingerprint density at radius 3 is 0.838 bits per heavy atom. The van der Waals surface area contributed by atoms with Gasteiger partial charge in [-0.2, -0.15) is 0 Å². The van der Waals surface area contributed by atoms with Gasteiger partial charge < -0.3 is 14.2 Å². The van der Waals surface area contributed by atoms with E-state index in [2.05, 4.69) is 179 Å². The fourth-order valence-electron chi connectivity index (χ4n) is 7.39. The predicted molar refractivity (Wildman–Crippen MR) is 320 cm³/mol. The molecular formula is C68H106O6. The monoisotopic (exact) mass is 1020 g/mol. The van der Waals surface area contributed by atoms with Crippen molar-refractivity contribution >= 4 is 17.9 Å². The van der Waals surface area contributed by atoms with Crippen LogP contribution in [-0.4, -0.2) is 37.2 Å². The average molecular weight is 1020 g/mol. The fraction of sp³-hybridized carbons (Fsp3) is 0.574. The molecule has 0 aromatic heterocycles. The summed E-state index contributed by atoms with van der Waals surface area (Å²) in [6.07, 6.45) is 88.2. The first-order valence-electron chi connectivity index (χ1n) is 29.5. The van der Waals surface area contributed by atoms with Gasteiger partial charge in [0.15, 0.2) is 6.10 Å². The molecule has 0 aliphatic heterocycles. The molecule has 1 atom stereocenters. The Bertz CT molecular complexity index is 1690. The number of hydrogen-bond acceptors (Lipinski definition) is 6. The van der Waals surface area contributed by atoms with Gasteiger partial charge in [-0.15, -0.1) is 0 Å². The second-order valence-corrected chi connectivity index (χ2v) is 18.8. The number of hydrogen-bond donors (Lipinski definition) is 0. The third-order valence-corrected chi connectivity index (χ3v) is 11.7. The van der Waals surface area contributed by atoms with E-state index in [-0.39, 0.29) is 37.5 Å². The molecule has 0 radical (unpaired) electrons. The predicted octanol–water partition coefficient (Wildman–Crippen LogP) is 20.1. The molecule has 0 N–H and O–H groups in total. The van der Waals surface area contributed by atoms with Crippen LogP contribution in [0.25, 0.3) is 0 Å². The standard InChI is InChI=1S/C68H106O6/c1-4-7-10-13-16-19-22-24-26-28-29-30-31-32-33-34-35-36-37-38-39-41-42-44-46-49-52-55-58-61-67(70)73-64-65(63-72-66(69)60-57-54-51-48-21-18-15-12-9-6-3)74-68(71)62-59-56-53-50-47-45-43-40-27-25-23-20-17-14-11-8-5-2/h7-8,10-12,15-17,19-20,24-27,29-30,32-33,35-36,38-39,42-45,65H,4-6,9,13-14,18,21-23,28,31,34,37,40-41,46-64H2,1-3H3/b10-7-,11-8-,15-12-,19-16-,20-17-,26-24-,27-25-,30-29-,33-32-,36-35-,39-38-,44-42-,45-43-. The maximum atomic E-state index is 12.8. The Morgan fingerprint density at radius 1 is 0.284 bits per heavy atom. The van der Waals surface area contributed by atoms with Crippen molar-refractivity contribution < 1.29 is 28.6 Å². The molecule has 6 nitrogen and oxygen atoms in total. The van der Waals surface area contributed by atoms with Gasteiger partial charge in [0.05, 0.1) is 0 Å². The van der Waals surface area contributed by atoms with Crippen molar-refractivity contribution in [3.63, 3.8) is 0 Å². The second-order valence-electron chi connectivity index (χ2n) is 18.8. The molecule has 0 aliphatic rings. The highest BCUT2D eigenvalue weighted by atomic mass is 16.6. The first kappa shape index (κ1) is 69.0. The van der Waals surface area contributed by atoms with Crippen molar-refractivity contribution in [3.05, 3.63) is 158 Å². The normalized spacial score (nSPS) is 13.3. The first-order valence-corrected chi connectivity index (χ1v) is 29.5. The lowest BCUT2D eigenvalue weighted by atomic mass is 10.1. The van der Waals surface area contributed by atoms with Gasteiger partial charge in [-0.3, -0.25) is 14.4 Å². The fourth-order valence-corrected chi connectivity index (χ4v) is 7.39. The smallest absolute Gasteiger partial charge is 0.306 e. The molecule has 0 aliphatic carbocycles. The molecule has 414 valence electrons. The van der Waals surface area contributed by atoms with Crippen LogP contribution in [0.5, 0.6) is 0 Å². The highest BCUT2D eigenvalue weighted by Gasteiger charge is 2.19. The van der Waals surface area contributed by atoms with Crippen molar-refractivity contribution in [2.24, 2.45) is 0 Å². The minimum absolute atomic E-state index is 0.108. The van der Waals surface area contributed by atoms with E-state index in [0.29, 0.717) is 12.8 Å². The van der Waals surface area contributed by atoms with E-state index in [9.17, 15) is 14.4 Å². The van der Waals surface area contributed by atoms with Crippen molar-refractivity contribution in [2.45, 2.75) is 239 Å². The summed E-state index contributed by atoms with van der Waals surface area (Å²) in [5.41, 5.74) is 0. The van der Waals surface area contributed by atoms with Crippen LogP contribution in [0, 0.1) is 0 Å². The number of allylic oxidation sites excluding steroid dienone is 26. The zero-order chi connectivity index (χ0) is 53.6. The minimum Gasteiger partial charge on any atom is -0.462 e. The van der Waals surface area contributed by atoms with E-state index in [1.807, 2.05) is 0 Å².